The van der Waals surface area contributed by atoms with Crippen LogP contribution in [0, 0.1) is 6.92 Å². The van der Waals surface area contributed by atoms with E-state index in [2.05, 4.69) is 26.6 Å². The number of aryl methyl sites for hydroxylation is 1. The summed E-state index contributed by atoms with van der Waals surface area (Å²) in [5, 5.41) is 6.47. The van der Waals surface area contributed by atoms with Gasteiger partial charge in [-0.2, -0.15) is 0 Å². The SMILES string of the molecule is Cc1cc(Br)ccc1NC(=O)CCNC1CCCCC1. The van der Waals surface area contributed by atoms with E-state index in [1.807, 2.05) is 25.1 Å². The first-order valence-corrected chi connectivity index (χ1v) is 8.24. The molecule has 3 nitrogen and oxygen atoms in total. The predicted molar refractivity (Wildman–Crippen MR) is 87.0 cm³/mol. The summed E-state index contributed by atoms with van der Waals surface area (Å²) in [5.74, 6) is 0.0822. The minimum atomic E-state index is 0.0822. The van der Waals surface area contributed by atoms with Gasteiger partial charge >= 0.3 is 0 Å². The van der Waals surface area contributed by atoms with E-state index in [9.17, 15) is 4.79 Å². The van der Waals surface area contributed by atoms with Gasteiger partial charge in [0, 0.05) is 29.2 Å². The Morgan fingerprint density at radius 3 is 2.75 bits per heavy atom. The molecule has 1 fully saturated rings. The first-order valence-electron chi connectivity index (χ1n) is 7.44. The topological polar surface area (TPSA) is 41.1 Å². The lowest BCUT2D eigenvalue weighted by Crippen LogP contribution is -2.33. The molecule has 0 unspecified atom stereocenters. The summed E-state index contributed by atoms with van der Waals surface area (Å²) in [7, 11) is 0. The average molecular weight is 339 g/mol. The zero-order valence-corrected chi connectivity index (χ0v) is 13.6. The van der Waals surface area contributed by atoms with Crippen LogP contribution in [0.15, 0.2) is 22.7 Å². The van der Waals surface area contributed by atoms with E-state index in [1.54, 1.807) is 0 Å². The van der Waals surface area contributed by atoms with Gasteiger partial charge in [0.1, 0.15) is 0 Å². The van der Waals surface area contributed by atoms with Gasteiger partial charge in [-0.25, -0.2) is 0 Å². The standard InChI is InChI=1S/C16H23BrN2O/c1-12-11-13(17)7-8-15(12)19-16(20)9-10-18-14-5-3-2-4-6-14/h7-8,11,14,18H,2-6,9-10H2,1H3,(H,19,20). The van der Waals surface area contributed by atoms with Gasteiger partial charge in [-0.15, -0.1) is 0 Å². The fourth-order valence-corrected chi connectivity index (χ4v) is 3.15. The number of hydrogen-bond donors (Lipinski definition) is 2. The molecule has 0 heterocycles. The smallest absolute Gasteiger partial charge is 0.225 e. The van der Waals surface area contributed by atoms with Crippen LogP contribution >= 0.6 is 15.9 Å². The van der Waals surface area contributed by atoms with Crippen molar-refractivity contribution in [3.63, 3.8) is 0 Å². The van der Waals surface area contributed by atoms with Crippen LogP contribution in [0.5, 0.6) is 0 Å². The maximum absolute atomic E-state index is 11.9. The largest absolute Gasteiger partial charge is 0.326 e. The third kappa shape index (κ3) is 4.91. The molecule has 0 bridgehead atoms. The van der Waals surface area contributed by atoms with Gasteiger partial charge in [0.05, 0.1) is 0 Å². The van der Waals surface area contributed by atoms with Crippen molar-refractivity contribution >= 4 is 27.5 Å². The Morgan fingerprint density at radius 2 is 2.05 bits per heavy atom. The molecule has 0 radical (unpaired) electrons. The molecule has 20 heavy (non-hydrogen) atoms. The minimum absolute atomic E-state index is 0.0822. The molecule has 0 aromatic heterocycles. The van der Waals surface area contributed by atoms with Crippen LogP contribution in [-0.2, 0) is 4.79 Å². The van der Waals surface area contributed by atoms with Gasteiger partial charge < -0.3 is 10.6 Å². The molecule has 1 saturated carbocycles. The number of nitrogens with one attached hydrogen (secondary N) is 2. The first kappa shape index (κ1) is 15.5. The fraction of sp³-hybridized carbons (Fsp3) is 0.562. The second-order valence-electron chi connectivity index (χ2n) is 5.55. The van der Waals surface area contributed by atoms with Crippen molar-refractivity contribution in [3.8, 4) is 0 Å². The fourth-order valence-electron chi connectivity index (χ4n) is 2.68. The molecule has 1 aromatic rings. The summed E-state index contributed by atoms with van der Waals surface area (Å²) >= 11 is 3.43. The molecule has 0 spiro atoms. The van der Waals surface area contributed by atoms with Crippen LogP contribution in [0.4, 0.5) is 5.69 Å². The van der Waals surface area contributed by atoms with Gasteiger partial charge in [0.25, 0.3) is 0 Å². The second-order valence-corrected chi connectivity index (χ2v) is 6.46. The lowest BCUT2D eigenvalue weighted by Gasteiger charge is -2.22. The monoisotopic (exact) mass is 338 g/mol. The Morgan fingerprint density at radius 1 is 1.30 bits per heavy atom. The van der Waals surface area contributed by atoms with Crippen molar-refractivity contribution in [1.82, 2.24) is 5.32 Å². The molecule has 1 amide bonds. The van der Waals surface area contributed by atoms with Crippen LogP contribution in [-0.4, -0.2) is 18.5 Å². The maximum atomic E-state index is 11.9. The van der Waals surface area contributed by atoms with Crippen LogP contribution in [0.3, 0.4) is 0 Å². The van der Waals surface area contributed by atoms with Crippen molar-refractivity contribution in [2.24, 2.45) is 0 Å². The number of benzene rings is 1. The van der Waals surface area contributed by atoms with Crippen molar-refractivity contribution in [2.75, 3.05) is 11.9 Å². The Hall–Kier alpha value is -0.870. The normalized spacial score (nSPS) is 16.1. The highest BCUT2D eigenvalue weighted by atomic mass is 79.9. The molecule has 0 saturated heterocycles. The second kappa shape index (κ2) is 7.79. The Balaban J connectivity index is 1.72. The number of halogens is 1. The quantitative estimate of drug-likeness (QED) is 0.851. The number of rotatable bonds is 5. The molecular weight excluding hydrogens is 316 g/mol. The van der Waals surface area contributed by atoms with Crippen LogP contribution < -0.4 is 10.6 Å². The van der Waals surface area contributed by atoms with Crippen LogP contribution in [0.25, 0.3) is 0 Å². The lowest BCUT2D eigenvalue weighted by atomic mass is 9.95. The lowest BCUT2D eigenvalue weighted by molar-refractivity contribution is -0.116. The molecular formula is C16H23BrN2O. The summed E-state index contributed by atoms with van der Waals surface area (Å²) < 4.78 is 1.03. The zero-order valence-electron chi connectivity index (χ0n) is 12.0. The van der Waals surface area contributed by atoms with E-state index < -0.39 is 0 Å². The summed E-state index contributed by atoms with van der Waals surface area (Å²) in [6.07, 6.45) is 7.05. The van der Waals surface area contributed by atoms with E-state index in [4.69, 9.17) is 0 Å². The molecule has 1 aromatic carbocycles. The number of carbonyl (C=O) groups excluding carboxylic acids is 1. The summed E-state index contributed by atoms with van der Waals surface area (Å²) in [6, 6.07) is 6.51. The maximum Gasteiger partial charge on any atom is 0.225 e. The van der Waals surface area contributed by atoms with E-state index >= 15 is 0 Å². The number of hydrogen-bond acceptors (Lipinski definition) is 2. The van der Waals surface area contributed by atoms with Crippen LogP contribution in [0.2, 0.25) is 0 Å². The highest BCUT2D eigenvalue weighted by molar-refractivity contribution is 9.10. The molecule has 2 rings (SSSR count). The number of amides is 1. The zero-order chi connectivity index (χ0) is 14.4. The predicted octanol–water partition coefficient (Wildman–Crippen LogP) is 4.01. The molecule has 0 aliphatic heterocycles. The summed E-state index contributed by atoms with van der Waals surface area (Å²) in [4.78, 5) is 11.9. The highest BCUT2D eigenvalue weighted by Crippen LogP contribution is 2.20. The van der Waals surface area contributed by atoms with Gasteiger partial charge in [0.2, 0.25) is 5.91 Å². The van der Waals surface area contributed by atoms with E-state index in [0.29, 0.717) is 12.5 Å². The highest BCUT2D eigenvalue weighted by Gasteiger charge is 2.13. The Kier molecular flexibility index (Phi) is 6.05. The molecule has 1 aliphatic carbocycles. The van der Waals surface area contributed by atoms with Gasteiger partial charge in [-0.1, -0.05) is 35.2 Å². The van der Waals surface area contributed by atoms with Crippen molar-refractivity contribution < 1.29 is 4.79 Å². The molecule has 1 aliphatic rings. The summed E-state index contributed by atoms with van der Waals surface area (Å²) in [6.45, 7) is 2.77. The van der Waals surface area contributed by atoms with Crippen molar-refractivity contribution in [1.29, 1.82) is 0 Å². The van der Waals surface area contributed by atoms with E-state index in [0.717, 1.165) is 22.3 Å². The molecule has 4 heteroatoms. The minimum Gasteiger partial charge on any atom is -0.326 e. The van der Waals surface area contributed by atoms with E-state index in [-0.39, 0.29) is 5.91 Å². The van der Waals surface area contributed by atoms with Crippen molar-refractivity contribution in [3.05, 3.63) is 28.2 Å². The Labute approximate surface area is 129 Å². The average Bonchev–Trinajstić information content (AvgIpc) is 2.43. The number of anilines is 1. The molecule has 0 atom stereocenters. The van der Waals surface area contributed by atoms with E-state index in [1.165, 1.54) is 32.1 Å². The summed E-state index contributed by atoms with van der Waals surface area (Å²) in [5.41, 5.74) is 1.98. The van der Waals surface area contributed by atoms with Gasteiger partial charge in [-0.05, 0) is 43.5 Å². The van der Waals surface area contributed by atoms with Gasteiger partial charge in [-0.3, -0.25) is 4.79 Å². The van der Waals surface area contributed by atoms with Crippen LogP contribution in [0.1, 0.15) is 44.1 Å². The molecule has 110 valence electrons. The third-order valence-electron chi connectivity index (χ3n) is 3.85. The Bertz CT molecular complexity index is 456. The number of carbonyl (C=O) groups is 1. The van der Waals surface area contributed by atoms with Gasteiger partial charge in [0.15, 0.2) is 0 Å². The first-order chi connectivity index (χ1) is 9.65. The third-order valence-corrected chi connectivity index (χ3v) is 4.35. The van der Waals surface area contributed by atoms with Crippen molar-refractivity contribution in [2.45, 2.75) is 51.5 Å². The molecule has 2 N–H and O–H groups in total.